The number of carbonyl (C=O) groups excluding carboxylic acids is 1. The molecule has 1 aliphatic heterocycles. The Morgan fingerprint density at radius 1 is 1.55 bits per heavy atom. The van der Waals surface area contributed by atoms with E-state index in [9.17, 15) is 4.79 Å². The Morgan fingerprint density at radius 2 is 2.09 bits per heavy atom. The van der Waals surface area contributed by atoms with Crippen LogP contribution in [0, 0.1) is 0 Å². The number of rotatable bonds is 1. The first-order valence-electron chi connectivity index (χ1n) is 3.88. The van der Waals surface area contributed by atoms with E-state index in [1.54, 1.807) is 6.92 Å². The van der Waals surface area contributed by atoms with E-state index < -0.39 is 0 Å². The van der Waals surface area contributed by atoms with Gasteiger partial charge in [-0.1, -0.05) is 0 Å². The summed E-state index contributed by atoms with van der Waals surface area (Å²) in [6.45, 7) is 7.97. The summed E-state index contributed by atoms with van der Waals surface area (Å²) in [4.78, 5) is 11.1. The topological polar surface area (TPSA) is 29.1 Å². The van der Waals surface area contributed by atoms with Gasteiger partial charge in [0, 0.05) is 4.75 Å². The fourth-order valence-electron chi connectivity index (χ4n) is 1.60. The molecule has 1 N–H and O–H groups in total. The first-order valence-corrected chi connectivity index (χ1v) is 4.76. The van der Waals surface area contributed by atoms with Gasteiger partial charge in [-0.15, -0.1) is 11.8 Å². The third kappa shape index (κ3) is 1.76. The summed E-state index contributed by atoms with van der Waals surface area (Å²) in [6.07, 6.45) is 0. The molecule has 2 atom stereocenters. The molecular weight excluding hydrogens is 158 g/mol. The summed E-state index contributed by atoms with van der Waals surface area (Å²) in [5.41, 5.74) is 0. The minimum atomic E-state index is 0.0301. The SMILES string of the molecule is CC(=O)C1N[C@@H](C)SC1(C)C. The Hall–Kier alpha value is -0.0200. The van der Waals surface area contributed by atoms with Gasteiger partial charge >= 0.3 is 0 Å². The van der Waals surface area contributed by atoms with Gasteiger partial charge in [-0.05, 0) is 27.7 Å². The number of Topliss-reactive ketones (excluding diaryl/α,β-unsaturated/α-hetero) is 1. The fraction of sp³-hybridized carbons (Fsp3) is 0.875. The van der Waals surface area contributed by atoms with E-state index in [0.717, 1.165) is 0 Å². The summed E-state index contributed by atoms with van der Waals surface area (Å²) in [5, 5.41) is 3.66. The number of carbonyl (C=O) groups is 1. The molecule has 0 aliphatic carbocycles. The van der Waals surface area contributed by atoms with Crippen molar-refractivity contribution < 1.29 is 4.79 Å². The highest BCUT2D eigenvalue weighted by atomic mass is 32.2. The van der Waals surface area contributed by atoms with Crippen LogP contribution >= 0.6 is 11.8 Å². The van der Waals surface area contributed by atoms with Crippen molar-refractivity contribution in [2.24, 2.45) is 0 Å². The Kier molecular flexibility index (Phi) is 2.30. The van der Waals surface area contributed by atoms with Crippen LogP contribution in [0.1, 0.15) is 27.7 Å². The smallest absolute Gasteiger partial charge is 0.148 e. The third-order valence-electron chi connectivity index (χ3n) is 1.98. The number of nitrogens with one attached hydrogen (secondary N) is 1. The van der Waals surface area contributed by atoms with Gasteiger partial charge in [0.15, 0.2) is 0 Å². The molecular formula is C8H15NOS. The molecule has 0 aromatic heterocycles. The van der Waals surface area contributed by atoms with Gasteiger partial charge < -0.3 is 0 Å². The van der Waals surface area contributed by atoms with Crippen LogP contribution in [0.3, 0.4) is 0 Å². The quantitative estimate of drug-likeness (QED) is 0.650. The highest BCUT2D eigenvalue weighted by Gasteiger charge is 2.41. The Labute approximate surface area is 72.1 Å². The van der Waals surface area contributed by atoms with E-state index in [1.807, 2.05) is 11.8 Å². The van der Waals surface area contributed by atoms with Gasteiger partial charge in [0.1, 0.15) is 5.78 Å². The zero-order chi connectivity index (χ0) is 8.65. The molecule has 1 fully saturated rings. The maximum absolute atomic E-state index is 11.1. The van der Waals surface area contributed by atoms with Crippen LogP contribution in [-0.2, 0) is 4.79 Å². The maximum Gasteiger partial charge on any atom is 0.148 e. The third-order valence-corrected chi connectivity index (χ3v) is 3.32. The molecule has 1 rings (SSSR count). The minimum absolute atomic E-state index is 0.0301. The molecule has 1 heterocycles. The first-order chi connectivity index (χ1) is 4.93. The van der Waals surface area contributed by atoms with Gasteiger partial charge in [0.2, 0.25) is 0 Å². The van der Waals surface area contributed by atoms with E-state index in [-0.39, 0.29) is 16.6 Å². The molecule has 0 aromatic carbocycles. The Morgan fingerprint density at radius 3 is 2.27 bits per heavy atom. The monoisotopic (exact) mass is 173 g/mol. The lowest BCUT2D eigenvalue weighted by Gasteiger charge is -2.22. The van der Waals surface area contributed by atoms with Gasteiger partial charge in [-0.2, -0.15) is 0 Å². The van der Waals surface area contributed by atoms with Crippen LogP contribution in [0.15, 0.2) is 0 Å². The Bertz CT molecular complexity index is 179. The van der Waals surface area contributed by atoms with Crippen LogP contribution in [-0.4, -0.2) is 21.9 Å². The molecule has 11 heavy (non-hydrogen) atoms. The summed E-state index contributed by atoms with van der Waals surface area (Å²) >= 11 is 1.83. The van der Waals surface area contributed by atoms with Crippen molar-refractivity contribution in [2.45, 2.75) is 43.9 Å². The standard InChI is InChI=1S/C8H15NOS/c1-5(10)7-8(3,4)11-6(2)9-7/h6-7,9H,1-4H3/t6-,7?/m1/s1. The fourth-order valence-corrected chi connectivity index (χ4v) is 3.09. The molecule has 1 aliphatic rings. The number of ketones is 1. The molecule has 1 unspecified atom stereocenters. The largest absolute Gasteiger partial charge is 0.298 e. The average molecular weight is 173 g/mol. The van der Waals surface area contributed by atoms with E-state index in [1.165, 1.54) is 0 Å². The van der Waals surface area contributed by atoms with Crippen molar-refractivity contribution in [2.75, 3.05) is 0 Å². The zero-order valence-corrected chi connectivity index (χ0v) is 8.29. The van der Waals surface area contributed by atoms with Crippen LogP contribution in [0.25, 0.3) is 0 Å². The second kappa shape index (κ2) is 2.79. The maximum atomic E-state index is 11.1. The molecule has 0 radical (unpaired) electrons. The Balaban J connectivity index is 2.74. The van der Waals surface area contributed by atoms with Crippen LogP contribution in [0.4, 0.5) is 0 Å². The lowest BCUT2D eigenvalue weighted by molar-refractivity contribution is -0.119. The van der Waals surface area contributed by atoms with Gasteiger partial charge in [-0.3, -0.25) is 10.1 Å². The molecule has 2 nitrogen and oxygen atoms in total. The van der Waals surface area contributed by atoms with Crippen LogP contribution in [0.2, 0.25) is 0 Å². The average Bonchev–Trinajstić information content (AvgIpc) is 2.04. The molecule has 0 spiro atoms. The lowest BCUT2D eigenvalue weighted by atomic mass is 10.0. The molecule has 0 saturated carbocycles. The normalized spacial score (nSPS) is 35.6. The van der Waals surface area contributed by atoms with Crippen molar-refractivity contribution in [3.8, 4) is 0 Å². The van der Waals surface area contributed by atoms with Crippen LogP contribution in [0.5, 0.6) is 0 Å². The first kappa shape index (κ1) is 9.07. The molecule has 0 bridgehead atoms. The van der Waals surface area contributed by atoms with Gasteiger partial charge in [0.05, 0.1) is 11.4 Å². The molecule has 3 heteroatoms. The van der Waals surface area contributed by atoms with Crippen LogP contribution < -0.4 is 5.32 Å². The number of thioether (sulfide) groups is 1. The van der Waals surface area contributed by atoms with Crippen molar-refractivity contribution in [3.05, 3.63) is 0 Å². The predicted molar refractivity (Wildman–Crippen MR) is 48.7 cm³/mol. The number of hydrogen-bond donors (Lipinski definition) is 1. The molecule has 1 saturated heterocycles. The summed E-state index contributed by atoms with van der Waals surface area (Å²) in [6, 6.07) is 0.0301. The summed E-state index contributed by atoms with van der Waals surface area (Å²) in [7, 11) is 0. The van der Waals surface area contributed by atoms with Crippen molar-refractivity contribution in [1.82, 2.24) is 5.32 Å². The van der Waals surface area contributed by atoms with Crippen molar-refractivity contribution in [3.63, 3.8) is 0 Å². The minimum Gasteiger partial charge on any atom is -0.298 e. The summed E-state index contributed by atoms with van der Waals surface area (Å²) in [5.74, 6) is 0.242. The van der Waals surface area contributed by atoms with Gasteiger partial charge in [0.25, 0.3) is 0 Å². The number of hydrogen-bond acceptors (Lipinski definition) is 3. The summed E-state index contributed by atoms with van der Waals surface area (Å²) < 4.78 is 0.0608. The van der Waals surface area contributed by atoms with Crippen molar-refractivity contribution >= 4 is 17.5 Å². The zero-order valence-electron chi connectivity index (χ0n) is 7.47. The van der Waals surface area contributed by atoms with E-state index in [2.05, 4.69) is 26.1 Å². The van der Waals surface area contributed by atoms with Crippen molar-refractivity contribution in [1.29, 1.82) is 0 Å². The second-order valence-electron chi connectivity index (χ2n) is 3.57. The van der Waals surface area contributed by atoms with Gasteiger partial charge in [-0.25, -0.2) is 0 Å². The highest BCUT2D eigenvalue weighted by Crippen LogP contribution is 2.37. The van der Waals surface area contributed by atoms with E-state index in [0.29, 0.717) is 5.37 Å². The predicted octanol–water partition coefficient (Wildman–Crippen LogP) is 1.40. The molecule has 0 amide bonds. The molecule has 64 valence electrons. The lowest BCUT2D eigenvalue weighted by Crippen LogP contribution is -2.43. The van der Waals surface area contributed by atoms with E-state index >= 15 is 0 Å². The molecule has 0 aromatic rings. The highest BCUT2D eigenvalue weighted by molar-refractivity contribution is 8.01. The second-order valence-corrected chi connectivity index (χ2v) is 5.57. The van der Waals surface area contributed by atoms with E-state index in [4.69, 9.17) is 0 Å².